The minimum atomic E-state index is -0.735. The molecule has 6 heteroatoms. The van der Waals surface area contributed by atoms with E-state index in [2.05, 4.69) is 5.32 Å². The number of hydrogen-bond acceptors (Lipinski definition) is 1. The van der Waals surface area contributed by atoms with E-state index >= 15 is 0 Å². The van der Waals surface area contributed by atoms with Gasteiger partial charge in [0.15, 0.2) is 0 Å². The van der Waals surface area contributed by atoms with Gasteiger partial charge in [-0.15, -0.1) is 0 Å². The Balaban J connectivity index is 1.85. The average Bonchev–Trinajstić information content (AvgIpc) is 2.79. The second-order valence-corrected chi connectivity index (χ2v) is 5.96. The Kier molecular flexibility index (Phi) is 4.06. The lowest BCUT2D eigenvalue weighted by molar-refractivity contribution is -0.110. The van der Waals surface area contributed by atoms with Gasteiger partial charge in [-0.1, -0.05) is 35.3 Å². The molecule has 3 rings (SSSR count). The summed E-state index contributed by atoms with van der Waals surface area (Å²) in [7, 11) is 0. The van der Waals surface area contributed by atoms with Crippen LogP contribution in [0.2, 0.25) is 5.02 Å². The van der Waals surface area contributed by atoms with Gasteiger partial charge in [-0.2, -0.15) is 0 Å². The SMILES string of the molecule is O=C1Nc2cc(Cl)ccc2/C1=C\CC1CC=C(F)C(Cl)=C1F. The topological polar surface area (TPSA) is 29.1 Å². The molecular weight excluding hydrogens is 331 g/mol. The Morgan fingerprint density at radius 3 is 2.86 bits per heavy atom. The number of anilines is 1. The molecule has 1 atom stereocenters. The molecule has 0 saturated heterocycles. The van der Waals surface area contributed by atoms with Crippen LogP contribution in [0.15, 0.2) is 47.0 Å². The van der Waals surface area contributed by atoms with Crippen molar-refractivity contribution < 1.29 is 13.6 Å². The van der Waals surface area contributed by atoms with E-state index in [-0.39, 0.29) is 18.7 Å². The monoisotopic (exact) mass is 341 g/mol. The first-order valence-electron chi connectivity index (χ1n) is 6.70. The van der Waals surface area contributed by atoms with E-state index in [1.165, 1.54) is 6.08 Å². The third-order valence-corrected chi connectivity index (χ3v) is 4.33. The van der Waals surface area contributed by atoms with E-state index in [0.29, 0.717) is 16.3 Å². The number of benzene rings is 1. The second kappa shape index (κ2) is 5.86. The van der Waals surface area contributed by atoms with Gasteiger partial charge < -0.3 is 5.32 Å². The van der Waals surface area contributed by atoms with Crippen molar-refractivity contribution in [2.75, 3.05) is 5.32 Å². The lowest BCUT2D eigenvalue weighted by Crippen LogP contribution is -2.07. The minimum Gasteiger partial charge on any atom is -0.321 e. The number of halogens is 4. The molecule has 0 fully saturated rings. The van der Waals surface area contributed by atoms with Crippen LogP contribution in [0.3, 0.4) is 0 Å². The normalized spacial score (nSPS) is 22.7. The van der Waals surface area contributed by atoms with Crippen LogP contribution in [0.5, 0.6) is 0 Å². The fourth-order valence-corrected chi connectivity index (χ4v) is 2.96. The zero-order chi connectivity index (χ0) is 15.9. The summed E-state index contributed by atoms with van der Waals surface area (Å²) in [6.07, 6.45) is 3.39. The van der Waals surface area contributed by atoms with Gasteiger partial charge in [-0.3, -0.25) is 4.79 Å². The van der Waals surface area contributed by atoms with Gasteiger partial charge >= 0.3 is 0 Å². The Bertz CT molecular complexity index is 753. The molecule has 1 N–H and O–H groups in total. The van der Waals surface area contributed by atoms with Gasteiger partial charge in [0.25, 0.3) is 5.91 Å². The summed E-state index contributed by atoms with van der Waals surface area (Å²) in [5.74, 6) is -2.22. The Labute approximate surface area is 136 Å². The van der Waals surface area contributed by atoms with E-state index < -0.39 is 22.6 Å². The third-order valence-electron chi connectivity index (χ3n) is 3.73. The maximum absolute atomic E-state index is 13.9. The fraction of sp³-hybridized carbons (Fsp3) is 0.188. The summed E-state index contributed by atoms with van der Waals surface area (Å²) < 4.78 is 27.1. The summed E-state index contributed by atoms with van der Waals surface area (Å²) in [6, 6.07) is 5.08. The van der Waals surface area contributed by atoms with Crippen LogP contribution >= 0.6 is 23.2 Å². The molecule has 2 nitrogen and oxygen atoms in total. The van der Waals surface area contributed by atoms with Crippen molar-refractivity contribution in [1.29, 1.82) is 0 Å². The van der Waals surface area contributed by atoms with Gasteiger partial charge in [0.2, 0.25) is 0 Å². The van der Waals surface area contributed by atoms with Crippen molar-refractivity contribution in [3.63, 3.8) is 0 Å². The van der Waals surface area contributed by atoms with Crippen molar-refractivity contribution in [1.82, 2.24) is 0 Å². The molecule has 1 aliphatic heterocycles. The first kappa shape index (κ1) is 15.3. The van der Waals surface area contributed by atoms with Crippen LogP contribution in [-0.4, -0.2) is 5.91 Å². The summed E-state index contributed by atoms with van der Waals surface area (Å²) in [6.45, 7) is 0. The lowest BCUT2D eigenvalue weighted by atomic mass is 9.93. The Hall–Kier alpha value is -1.65. The number of allylic oxidation sites excluding steroid dienone is 5. The van der Waals surface area contributed by atoms with Crippen molar-refractivity contribution in [2.24, 2.45) is 5.92 Å². The number of rotatable bonds is 2. The number of amides is 1. The first-order valence-corrected chi connectivity index (χ1v) is 7.45. The van der Waals surface area contributed by atoms with Gasteiger partial charge in [-0.05, 0) is 31.1 Å². The molecule has 0 saturated carbocycles. The number of carbonyl (C=O) groups excluding carboxylic acids is 1. The van der Waals surface area contributed by atoms with E-state index in [4.69, 9.17) is 23.2 Å². The molecule has 0 radical (unpaired) electrons. The molecule has 0 aromatic heterocycles. The molecule has 1 unspecified atom stereocenters. The molecule has 114 valence electrons. The molecule has 22 heavy (non-hydrogen) atoms. The van der Waals surface area contributed by atoms with E-state index in [0.717, 1.165) is 5.56 Å². The molecule has 2 aliphatic rings. The number of fused-ring (bicyclic) bond motifs is 1. The largest absolute Gasteiger partial charge is 0.321 e. The van der Waals surface area contributed by atoms with Gasteiger partial charge in [0, 0.05) is 22.1 Å². The molecule has 1 amide bonds. The molecule has 0 bridgehead atoms. The van der Waals surface area contributed by atoms with E-state index in [1.807, 2.05) is 0 Å². The highest BCUT2D eigenvalue weighted by atomic mass is 35.5. The standard InChI is InChI=1S/C16H11Cl2F2NO/c17-9-3-5-10-11(16(22)21-13(10)7-9)4-1-8-2-6-12(19)14(18)15(8)20/h3-8H,1-2H2,(H,21,22)/b11-4+. The number of carbonyl (C=O) groups is 1. The first-order chi connectivity index (χ1) is 10.5. The van der Waals surface area contributed by atoms with Crippen molar-refractivity contribution in [3.05, 3.63) is 57.6 Å². The van der Waals surface area contributed by atoms with E-state index in [9.17, 15) is 13.6 Å². The number of hydrogen-bond donors (Lipinski definition) is 1. The highest BCUT2D eigenvalue weighted by Crippen LogP contribution is 2.38. The zero-order valence-corrected chi connectivity index (χ0v) is 12.8. The molecule has 1 aromatic carbocycles. The predicted octanol–water partition coefficient (Wildman–Crippen LogP) is 5.36. The maximum Gasteiger partial charge on any atom is 0.256 e. The molecule has 0 spiro atoms. The fourth-order valence-electron chi connectivity index (χ4n) is 2.56. The smallest absolute Gasteiger partial charge is 0.256 e. The van der Waals surface area contributed by atoms with Crippen LogP contribution in [0.25, 0.3) is 5.57 Å². The zero-order valence-electron chi connectivity index (χ0n) is 11.3. The average molecular weight is 342 g/mol. The third kappa shape index (κ3) is 2.69. The van der Waals surface area contributed by atoms with Crippen LogP contribution in [-0.2, 0) is 4.79 Å². The molecule has 1 aliphatic carbocycles. The summed E-state index contributed by atoms with van der Waals surface area (Å²) in [5, 5.41) is 2.76. The van der Waals surface area contributed by atoms with Gasteiger partial charge in [0.05, 0.1) is 5.69 Å². The summed E-state index contributed by atoms with van der Waals surface area (Å²) in [5.41, 5.74) is 1.82. The second-order valence-electron chi connectivity index (χ2n) is 5.14. The van der Waals surface area contributed by atoms with Crippen molar-refractivity contribution in [3.8, 4) is 0 Å². The van der Waals surface area contributed by atoms with E-state index in [1.54, 1.807) is 24.3 Å². The summed E-state index contributed by atoms with van der Waals surface area (Å²) >= 11 is 11.5. The quantitative estimate of drug-likeness (QED) is 0.721. The molecule has 1 heterocycles. The lowest BCUT2D eigenvalue weighted by Gasteiger charge is -2.16. The predicted molar refractivity (Wildman–Crippen MR) is 84.0 cm³/mol. The Morgan fingerprint density at radius 2 is 2.09 bits per heavy atom. The highest BCUT2D eigenvalue weighted by Gasteiger charge is 2.27. The molecule has 1 aromatic rings. The maximum atomic E-state index is 13.9. The minimum absolute atomic E-state index is 0.215. The van der Waals surface area contributed by atoms with Crippen molar-refractivity contribution >= 4 is 40.4 Å². The van der Waals surface area contributed by atoms with Crippen molar-refractivity contribution in [2.45, 2.75) is 12.8 Å². The van der Waals surface area contributed by atoms with Crippen LogP contribution < -0.4 is 5.32 Å². The molecular formula is C16H11Cl2F2NO. The number of nitrogens with one attached hydrogen (secondary N) is 1. The van der Waals surface area contributed by atoms with Gasteiger partial charge in [-0.25, -0.2) is 8.78 Å². The van der Waals surface area contributed by atoms with Crippen LogP contribution in [0.1, 0.15) is 18.4 Å². The highest BCUT2D eigenvalue weighted by molar-refractivity contribution is 6.34. The van der Waals surface area contributed by atoms with Crippen LogP contribution in [0, 0.1) is 5.92 Å². The van der Waals surface area contributed by atoms with Crippen LogP contribution in [0.4, 0.5) is 14.5 Å². The Morgan fingerprint density at radius 1 is 1.32 bits per heavy atom. The van der Waals surface area contributed by atoms with Gasteiger partial charge in [0.1, 0.15) is 16.7 Å². The summed E-state index contributed by atoms with van der Waals surface area (Å²) in [4.78, 5) is 12.0.